The number of hydrazone groups is 2. The lowest BCUT2D eigenvalue weighted by atomic mass is 9.98. The molecule has 6 aromatic rings. The Morgan fingerprint density at radius 2 is 0.745 bits per heavy atom. The summed E-state index contributed by atoms with van der Waals surface area (Å²) in [6.45, 7) is 0. The lowest BCUT2D eigenvalue weighted by Crippen LogP contribution is -2.18. The third-order valence-electron chi connectivity index (χ3n) is 8.84. The van der Waals surface area contributed by atoms with E-state index in [2.05, 4.69) is 180 Å². The molecule has 5 heteroatoms. The molecule has 4 nitrogen and oxygen atoms in total. The Labute approximate surface area is 280 Å². The molecule has 6 aromatic carbocycles. The van der Waals surface area contributed by atoms with Crippen LogP contribution in [-0.2, 0) is 0 Å². The van der Waals surface area contributed by atoms with Crippen LogP contribution in [0.2, 0.25) is 0 Å². The van der Waals surface area contributed by atoms with Gasteiger partial charge in [-0.1, -0.05) is 133 Å². The van der Waals surface area contributed by atoms with E-state index in [-0.39, 0.29) is 12.1 Å². The second-order valence-corrected chi connectivity index (χ2v) is 13.0. The summed E-state index contributed by atoms with van der Waals surface area (Å²) in [5.41, 5.74) is 9.32. The molecule has 0 N–H and O–H groups in total. The van der Waals surface area contributed by atoms with Gasteiger partial charge in [-0.3, -0.25) is 10.0 Å². The predicted molar refractivity (Wildman–Crippen MR) is 196 cm³/mol. The minimum atomic E-state index is 0.174. The third-order valence-corrected chi connectivity index (χ3v) is 9.86. The average Bonchev–Trinajstić information content (AvgIpc) is 3.80. The lowest BCUT2D eigenvalue weighted by molar-refractivity contribution is 0.709. The van der Waals surface area contributed by atoms with Crippen molar-refractivity contribution in [2.24, 2.45) is 10.2 Å². The van der Waals surface area contributed by atoms with Gasteiger partial charge in [-0.25, -0.2) is 0 Å². The summed E-state index contributed by atoms with van der Waals surface area (Å²) in [6, 6.07) is 60.3. The van der Waals surface area contributed by atoms with Crippen LogP contribution in [0.25, 0.3) is 0 Å². The van der Waals surface area contributed by atoms with Crippen molar-refractivity contribution in [2.45, 2.75) is 34.7 Å². The molecule has 0 saturated carbocycles. The minimum Gasteiger partial charge on any atom is -0.257 e. The molecule has 0 radical (unpaired) electrons. The molecule has 2 heterocycles. The molecule has 2 atom stereocenters. The summed E-state index contributed by atoms with van der Waals surface area (Å²) >= 11 is 1.78. The number of hydrogen-bond donors (Lipinski definition) is 0. The van der Waals surface area contributed by atoms with Crippen molar-refractivity contribution in [3.05, 3.63) is 192 Å². The maximum absolute atomic E-state index is 5.13. The van der Waals surface area contributed by atoms with Crippen LogP contribution in [0.15, 0.2) is 190 Å². The molecule has 228 valence electrons. The zero-order valence-electron chi connectivity index (χ0n) is 25.9. The van der Waals surface area contributed by atoms with Crippen LogP contribution in [-0.4, -0.2) is 11.4 Å². The Balaban J connectivity index is 0.980. The molecule has 0 aliphatic carbocycles. The summed E-state index contributed by atoms with van der Waals surface area (Å²) in [5, 5.41) is 14.6. The van der Waals surface area contributed by atoms with Gasteiger partial charge in [0.2, 0.25) is 0 Å². The van der Waals surface area contributed by atoms with Crippen molar-refractivity contribution < 1.29 is 0 Å². The quantitative estimate of drug-likeness (QED) is 0.168. The van der Waals surface area contributed by atoms with E-state index in [9.17, 15) is 0 Å². The zero-order valence-corrected chi connectivity index (χ0v) is 26.7. The van der Waals surface area contributed by atoms with Gasteiger partial charge in [0.15, 0.2) is 0 Å². The van der Waals surface area contributed by atoms with Gasteiger partial charge in [0.05, 0.1) is 34.9 Å². The maximum atomic E-state index is 5.13. The van der Waals surface area contributed by atoms with E-state index >= 15 is 0 Å². The zero-order chi connectivity index (χ0) is 31.4. The van der Waals surface area contributed by atoms with Crippen molar-refractivity contribution in [2.75, 3.05) is 10.0 Å². The monoisotopic (exact) mass is 626 g/mol. The molecule has 47 heavy (non-hydrogen) atoms. The Kier molecular flexibility index (Phi) is 8.12. The number of hydrogen-bond acceptors (Lipinski definition) is 5. The highest BCUT2D eigenvalue weighted by atomic mass is 32.2. The van der Waals surface area contributed by atoms with Crippen LogP contribution in [0.5, 0.6) is 0 Å². The van der Waals surface area contributed by atoms with Gasteiger partial charge in [-0.05, 0) is 70.8 Å². The molecule has 2 aliphatic heterocycles. The number of para-hydroxylation sites is 2. The fraction of sp³-hybridized carbons (Fsp3) is 0.0952. The van der Waals surface area contributed by atoms with Crippen molar-refractivity contribution in [1.82, 2.24) is 0 Å². The van der Waals surface area contributed by atoms with Gasteiger partial charge < -0.3 is 0 Å². The van der Waals surface area contributed by atoms with Gasteiger partial charge >= 0.3 is 0 Å². The summed E-state index contributed by atoms with van der Waals surface area (Å²) < 4.78 is 0. The largest absolute Gasteiger partial charge is 0.257 e. The Morgan fingerprint density at radius 1 is 0.404 bits per heavy atom. The Morgan fingerprint density at radius 3 is 1.11 bits per heavy atom. The molecule has 0 amide bonds. The first-order valence-corrected chi connectivity index (χ1v) is 16.9. The van der Waals surface area contributed by atoms with Crippen LogP contribution in [0.1, 0.15) is 47.2 Å². The van der Waals surface area contributed by atoms with Crippen molar-refractivity contribution in [1.29, 1.82) is 0 Å². The van der Waals surface area contributed by atoms with Crippen LogP contribution in [0, 0.1) is 0 Å². The van der Waals surface area contributed by atoms with Gasteiger partial charge in [0, 0.05) is 22.6 Å². The number of rotatable bonds is 8. The van der Waals surface area contributed by atoms with Gasteiger partial charge in [0.25, 0.3) is 0 Å². The first-order chi connectivity index (χ1) is 23.3. The molecule has 0 aromatic heterocycles. The second-order valence-electron chi connectivity index (χ2n) is 11.9. The smallest absolute Gasteiger partial charge is 0.0831 e. The topological polar surface area (TPSA) is 31.2 Å². The molecular weight excluding hydrogens is 593 g/mol. The van der Waals surface area contributed by atoms with E-state index < -0.39 is 0 Å². The highest BCUT2D eigenvalue weighted by Crippen LogP contribution is 2.39. The van der Waals surface area contributed by atoms with Crippen LogP contribution in [0.3, 0.4) is 0 Å². The minimum absolute atomic E-state index is 0.174. The predicted octanol–water partition coefficient (Wildman–Crippen LogP) is 10.5. The molecular formula is C42H34N4S. The highest BCUT2D eigenvalue weighted by molar-refractivity contribution is 7.99. The summed E-state index contributed by atoms with van der Waals surface area (Å²) in [7, 11) is 0. The highest BCUT2D eigenvalue weighted by Gasteiger charge is 2.31. The number of benzene rings is 6. The van der Waals surface area contributed by atoms with E-state index in [0.717, 1.165) is 35.6 Å². The van der Waals surface area contributed by atoms with E-state index in [4.69, 9.17) is 10.2 Å². The van der Waals surface area contributed by atoms with Crippen molar-refractivity contribution in [3.8, 4) is 0 Å². The molecule has 0 saturated heterocycles. The Hall–Kier alpha value is -5.39. The van der Waals surface area contributed by atoms with Crippen LogP contribution < -0.4 is 10.0 Å². The van der Waals surface area contributed by atoms with Crippen molar-refractivity contribution in [3.63, 3.8) is 0 Å². The van der Waals surface area contributed by atoms with E-state index in [0.29, 0.717) is 0 Å². The molecule has 2 aliphatic rings. The maximum Gasteiger partial charge on any atom is 0.0831 e. The standard InChI is InChI=1S/C42H34N4S/c1-5-13-33(14-6-1)41-29-39(43-45(41)35-17-9-3-10-18-35)31-21-25-37(26-22-31)47-38-27-23-32(24-28-38)40-30-42(34-15-7-2-8-16-34)46(44-40)36-19-11-4-12-20-36/h1-28,41-42H,29-30H2. The fourth-order valence-corrected chi connectivity index (χ4v) is 7.26. The normalized spacial score (nSPS) is 17.4. The van der Waals surface area contributed by atoms with E-state index in [1.807, 2.05) is 0 Å². The SMILES string of the molecule is c1ccc(C2CC(c3ccc(Sc4ccc(C5=NN(c6ccccc6)C(c6ccccc6)C5)cc4)cc3)=NN2c2ccccc2)cc1. The molecule has 0 fully saturated rings. The second kappa shape index (κ2) is 13.1. The van der Waals surface area contributed by atoms with E-state index in [1.165, 1.54) is 32.0 Å². The first-order valence-electron chi connectivity index (χ1n) is 16.1. The third kappa shape index (κ3) is 6.23. The summed E-state index contributed by atoms with van der Waals surface area (Å²) in [5.74, 6) is 0. The molecule has 0 spiro atoms. The van der Waals surface area contributed by atoms with Gasteiger partial charge in [-0.15, -0.1) is 0 Å². The van der Waals surface area contributed by atoms with Crippen LogP contribution in [0.4, 0.5) is 11.4 Å². The lowest BCUT2D eigenvalue weighted by Gasteiger charge is -2.23. The summed E-state index contributed by atoms with van der Waals surface area (Å²) in [6.07, 6.45) is 1.73. The van der Waals surface area contributed by atoms with Crippen LogP contribution >= 0.6 is 11.8 Å². The number of anilines is 2. The van der Waals surface area contributed by atoms with Crippen molar-refractivity contribution >= 4 is 34.6 Å². The van der Waals surface area contributed by atoms with Gasteiger partial charge in [0.1, 0.15) is 0 Å². The molecule has 2 unspecified atom stereocenters. The molecule has 0 bridgehead atoms. The number of nitrogens with zero attached hydrogens (tertiary/aromatic N) is 4. The van der Waals surface area contributed by atoms with Gasteiger partial charge in [-0.2, -0.15) is 10.2 Å². The average molecular weight is 627 g/mol. The fourth-order valence-electron chi connectivity index (χ4n) is 6.44. The molecule has 8 rings (SSSR count). The summed E-state index contributed by atoms with van der Waals surface area (Å²) in [4.78, 5) is 2.41. The first kappa shape index (κ1) is 29.0. The Bertz CT molecular complexity index is 1840. The van der Waals surface area contributed by atoms with E-state index in [1.54, 1.807) is 11.8 Å².